The molecule has 0 aromatic rings. The Morgan fingerprint density at radius 2 is 2.18 bits per heavy atom. The first kappa shape index (κ1) is 10.7. The van der Waals surface area contributed by atoms with E-state index in [9.17, 15) is 0 Å². The normalized spacial score (nSPS) is 12.5. The van der Waals surface area contributed by atoms with Crippen molar-refractivity contribution in [2.75, 3.05) is 6.54 Å². The third-order valence-corrected chi connectivity index (χ3v) is 1.86. The number of hydrogen-bond donors (Lipinski definition) is 2. The van der Waals surface area contributed by atoms with Gasteiger partial charge in [0.2, 0.25) is 0 Å². The molecule has 0 heterocycles. The van der Waals surface area contributed by atoms with Gasteiger partial charge in [-0.1, -0.05) is 26.7 Å². The van der Waals surface area contributed by atoms with E-state index in [2.05, 4.69) is 31.4 Å². The van der Waals surface area contributed by atoms with E-state index < -0.39 is 0 Å². The highest BCUT2D eigenvalue weighted by Crippen LogP contribution is 2.07. The summed E-state index contributed by atoms with van der Waals surface area (Å²) in [5.41, 5.74) is 5.27. The predicted molar refractivity (Wildman–Crippen MR) is 53.5 cm³/mol. The summed E-state index contributed by atoms with van der Waals surface area (Å²) in [4.78, 5) is 0. The van der Waals surface area contributed by atoms with Gasteiger partial charge < -0.3 is 11.1 Å². The molecule has 0 aromatic carbocycles. The summed E-state index contributed by atoms with van der Waals surface area (Å²) in [5.74, 6) is 0.779. The van der Waals surface area contributed by atoms with Gasteiger partial charge in [0.05, 0.1) is 0 Å². The summed E-state index contributed by atoms with van der Waals surface area (Å²) in [6.45, 7) is 5.37. The van der Waals surface area contributed by atoms with Crippen molar-refractivity contribution >= 4 is 17.3 Å². The Kier molecular flexibility index (Phi) is 6.22. The molecule has 0 fully saturated rings. The molecule has 66 valence electrons. The van der Waals surface area contributed by atoms with Crippen molar-refractivity contribution in [1.29, 1.82) is 0 Å². The molecule has 1 atom stereocenters. The molecule has 2 nitrogen and oxygen atoms in total. The van der Waals surface area contributed by atoms with Gasteiger partial charge in [0.1, 0.15) is 0 Å². The predicted octanol–water partition coefficient (Wildman–Crippen LogP) is 1.65. The topological polar surface area (TPSA) is 38.0 Å². The Morgan fingerprint density at radius 3 is 2.64 bits per heavy atom. The Bertz CT molecular complexity index is 115. The Morgan fingerprint density at radius 1 is 1.55 bits per heavy atom. The van der Waals surface area contributed by atoms with Crippen molar-refractivity contribution in [3.63, 3.8) is 0 Å². The molecule has 0 aliphatic rings. The Labute approximate surface area is 74.5 Å². The van der Waals surface area contributed by atoms with Crippen LogP contribution in [-0.2, 0) is 0 Å². The quantitative estimate of drug-likeness (QED) is 0.622. The molecule has 0 aliphatic heterocycles. The second-order valence-electron chi connectivity index (χ2n) is 2.97. The fourth-order valence-corrected chi connectivity index (χ4v) is 1.18. The monoisotopic (exact) mass is 174 g/mol. The van der Waals surface area contributed by atoms with Gasteiger partial charge in [0, 0.05) is 6.54 Å². The van der Waals surface area contributed by atoms with Crippen LogP contribution in [0.5, 0.6) is 0 Å². The molecule has 3 heteroatoms. The van der Waals surface area contributed by atoms with Crippen LogP contribution in [0.4, 0.5) is 0 Å². The summed E-state index contributed by atoms with van der Waals surface area (Å²) >= 11 is 4.68. The second kappa shape index (κ2) is 6.40. The first-order chi connectivity index (χ1) is 5.16. The second-order valence-corrected chi connectivity index (χ2v) is 3.41. The minimum Gasteiger partial charge on any atom is -0.376 e. The van der Waals surface area contributed by atoms with Gasteiger partial charge in [-0.05, 0) is 24.6 Å². The average molecular weight is 174 g/mol. The lowest BCUT2D eigenvalue weighted by Crippen LogP contribution is -2.30. The molecular formula is C8H18N2S. The van der Waals surface area contributed by atoms with E-state index in [4.69, 9.17) is 5.73 Å². The van der Waals surface area contributed by atoms with E-state index in [0.29, 0.717) is 5.11 Å². The van der Waals surface area contributed by atoms with Gasteiger partial charge in [-0.2, -0.15) is 0 Å². The maximum atomic E-state index is 5.27. The molecular weight excluding hydrogens is 156 g/mol. The molecule has 0 spiro atoms. The minimum atomic E-state index is 0.411. The van der Waals surface area contributed by atoms with Crippen LogP contribution in [0, 0.1) is 5.92 Å². The maximum Gasteiger partial charge on any atom is 0.163 e. The van der Waals surface area contributed by atoms with Crippen LogP contribution < -0.4 is 11.1 Å². The molecule has 0 rings (SSSR count). The highest BCUT2D eigenvalue weighted by molar-refractivity contribution is 7.80. The molecule has 0 radical (unpaired) electrons. The fourth-order valence-electron chi connectivity index (χ4n) is 1.08. The van der Waals surface area contributed by atoms with E-state index in [-0.39, 0.29) is 0 Å². The number of thiocarbonyl (C=S) groups is 1. The van der Waals surface area contributed by atoms with E-state index in [1.807, 2.05) is 0 Å². The summed E-state index contributed by atoms with van der Waals surface area (Å²) in [5, 5.41) is 3.35. The Balaban J connectivity index is 3.16. The third-order valence-electron chi connectivity index (χ3n) is 1.72. The van der Waals surface area contributed by atoms with E-state index in [1.165, 1.54) is 12.8 Å². The maximum absolute atomic E-state index is 5.27. The first-order valence-corrected chi connectivity index (χ1v) is 4.61. The highest BCUT2D eigenvalue weighted by atomic mass is 32.1. The minimum absolute atomic E-state index is 0.411. The average Bonchev–Trinajstić information content (AvgIpc) is 1.87. The van der Waals surface area contributed by atoms with Crippen molar-refractivity contribution in [2.24, 2.45) is 11.7 Å². The van der Waals surface area contributed by atoms with Gasteiger partial charge in [0.25, 0.3) is 0 Å². The zero-order valence-corrected chi connectivity index (χ0v) is 8.21. The summed E-state index contributed by atoms with van der Waals surface area (Å²) in [7, 11) is 0. The van der Waals surface area contributed by atoms with Crippen LogP contribution in [0.1, 0.15) is 33.1 Å². The van der Waals surface area contributed by atoms with Gasteiger partial charge in [0.15, 0.2) is 5.11 Å². The molecule has 3 N–H and O–H groups in total. The molecule has 0 amide bonds. The third kappa shape index (κ3) is 7.59. The fraction of sp³-hybridized carbons (Fsp3) is 0.875. The van der Waals surface area contributed by atoms with Gasteiger partial charge in [-0.15, -0.1) is 0 Å². The number of rotatable bonds is 5. The van der Waals surface area contributed by atoms with Gasteiger partial charge in [-0.3, -0.25) is 0 Å². The highest BCUT2D eigenvalue weighted by Gasteiger charge is 1.99. The van der Waals surface area contributed by atoms with Crippen LogP contribution in [0.3, 0.4) is 0 Å². The molecule has 0 aromatic heterocycles. The number of nitrogens with two attached hydrogens (primary N) is 1. The lowest BCUT2D eigenvalue weighted by atomic mass is 10.0. The molecule has 1 unspecified atom stereocenters. The molecule has 11 heavy (non-hydrogen) atoms. The van der Waals surface area contributed by atoms with E-state index in [0.717, 1.165) is 18.9 Å². The van der Waals surface area contributed by atoms with E-state index >= 15 is 0 Å². The number of nitrogens with one attached hydrogen (secondary N) is 1. The van der Waals surface area contributed by atoms with Crippen molar-refractivity contribution in [2.45, 2.75) is 33.1 Å². The summed E-state index contributed by atoms with van der Waals surface area (Å²) in [6.07, 6.45) is 3.71. The standard InChI is InChI=1S/C8H18N2S/c1-3-4-7(2)5-6-10-8(9)11/h7H,3-6H2,1-2H3,(H3,9,10,11). The zero-order valence-electron chi connectivity index (χ0n) is 7.39. The van der Waals surface area contributed by atoms with Crippen molar-refractivity contribution in [1.82, 2.24) is 5.32 Å². The van der Waals surface area contributed by atoms with E-state index in [1.54, 1.807) is 0 Å². The van der Waals surface area contributed by atoms with Crippen molar-refractivity contribution < 1.29 is 0 Å². The van der Waals surface area contributed by atoms with Gasteiger partial charge in [-0.25, -0.2) is 0 Å². The first-order valence-electron chi connectivity index (χ1n) is 4.20. The van der Waals surface area contributed by atoms with Gasteiger partial charge >= 0.3 is 0 Å². The summed E-state index contributed by atoms with van der Waals surface area (Å²) < 4.78 is 0. The van der Waals surface area contributed by atoms with Crippen molar-refractivity contribution in [3.8, 4) is 0 Å². The lowest BCUT2D eigenvalue weighted by molar-refractivity contribution is 0.484. The largest absolute Gasteiger partial charge is 0.376 e. The number of hydrogen-bond acceptors (Lipinski definition) is 1. The zero-order chi connectivity index (χ0) is 8.69. The van der Waals surface area contributed by atoms with Crippen LogP contribution in [0.25, 0.3) is 0 Å². The molecule has 0 saturated carbocycles. The van der Waals surface area contributed by atoms with Crippen LogP contribution in [0.2, 0.25) is 0 Å². The Hall–Kier alpha value is -0.310. The van der Waals surface area contributed by atoms with Crippen LogP contribution in [0.15, 0.2) is 0 Å². The smallest absolute Gasteiger partial charge is 0.163 e. The summed E-state index contributed by atoms with van der Waals surface area (Å²) in [6, 6.07) is 0. The molecule has 0 aliphatic carbocycles. The van der Waals surface area contributed by atoms with Crippen LogP contribution in [-0.4, -0.2) is 11.7 Å². The molecule has 0 saturated heterocycles. The lowest BCUT2D eigenvalue weighted by Gasteiger charge is -2.09. The van der Waals surface area contributed by atoms with Crippen molar-refractivity contribution in [3.05, 3.63) is 0 Å². The van der Waals surface area contributed by atoms with Crippen LogP contribution >= 0.6 is 12.2 Å². The molecule has 0 bridgehead atoms. The SMILES string of the molecule is CCCC(C)CCNC(N)=S.